The summed E-state index contributed by atoms with van der Waals surface area (Å²) in [6, 6.07) is 14.0. The quantitative estimate of drug-likeness (QED) is 0.577. The van der Waals surface area contributed by atoms with E-state index < -0.39 is 10.0 Å². The van der Waals surface area contributed by atoms with Crippen LogP contribution in [0.25, 0.3) is 0 Å². The first-order valence-corrected chi connectivity index (χ1v) is 11.8. The largest absolute Gasteiger partial charge is 0.494 e. The van der Waals surface area contributed by atoms with Gasteiger partial charge in [-0.25, -0.2) is 8.42 Å². The SMILES string of the molecule is CCOc1ccc(N(CCCC(=O)Nc2ccc(OC(C)C)cc2)S(C)(=O)=O)cc1. The van der Waals surface area contributed by atoms with Crippen LogP contribution in [0.5, 0.6) is 11.5 Å². The first kappa shape index (κ1) is 23.5. The van der Waals surface area contributed by atoms with Crippen LogP contribution in [-0.2, 0) is 14.8 Å². The lowest BCUT2D eigenvalue weighted by Crippen LogP contribution is -2.31. The van der Waals surface area contributed by atoms with Gasteiger partial charge in [0.25, 0.3) is 0 Å². The Balaban J connectivity index is 1.90. The van der Waals surface area contributed by atoms with Crippen LogP contribution in [0.2, 0.25) is 0 Å². The molecule has 7 nitrogen and oxygen atoms in total. The molecular formula is C22H30N2O5S. The van der Waals surface area contributed by atoms with Gasteiger partial charge in [0, 0.05) is 18.7 Å². The summed E-state index contributed by atoms with van der Waals surface area (Å²) in [5.41, 5.74) is 1.21. The summed E-state index contributed by atoms with van der Waals surface area (Å²) in [5.74, 6) is 1.24. The fraction of sp³-hybridized carbons (Fsp3) is 0.409. The number of rotatable bonds is 11. The second-order valence-electron chi connectivity index (χ2n) is 7.10. The van der Waals surface area contributed by atoms with Crippen LogP contribution in [0, 0.1) is 0 Å². The first-order valence-electron chi connectivity index (χ1n) is 9.96. The maximum absolute atomic E-state index is 12.2. The Kier molecular flexibility index (Phi) is 8.53. The maximum atomic E-state index is 12.2. The highest BCUT2D eigenvalue weighted by atomic mass is 32.2. The fourth-order valence-corrected chi connectivity index (χ4v) is 3.82. The van der Waals surface area contributed by atoms with Crippen LogP contribution in [0.1, 0.15) is 33.6 Å². The van der Waals surface area contributed by atoms with Crippen molar-refractivity contribution < 1.29 is 22.7 Å². The molecule has 0 radical (unpaired) electrons. The Bertz CT molecular complexity index is 910. The van der Waals surface area contributed by atoms with E-state index in [9.17, 15) is 13.2 Å². The zero-order chi connectivity index (χ0) is 22.1. The van der Waals surface area contributed by atoms with Crippen LogP contribution >= 0.6 is 0 Å². The molecule has 2 aromatic carbocycles. The second-order valence-corrected chi connectivity index (χ2v) is 9.01. The first-order chi connectivity index (χ1) is 14.2. The van der Waals surface area contributed by atoms with Crippen molar-refractivity contribution in [3.63, 3.8) is 0 Å². The third-order valence-corrected chi connectivity index (χ3v) is 5.30. The van der Waals surface area contributed by atoms with Crippen LogP contribution in [0.4, 0.5) is 11.4 Å². The molecule has 8 heteroatoms. The van der Waals surface area contributed by atoms with E-state index in [-0.39, 0.29) is 25.0 Å². The van der Waals surface area contributed by atoms with E-state index in [4.69, 9.17) is 9.47 Å². The minimum atomic E-state index is -3.47. The van der Waals surface area contributed by atoms with Crippen molar-refractivity contribution in [2.75, 3.05) is 29.0 Å². The van der Waals surface area contributed by atoms with Crippen molar-refractivity contribution in [1.29, 1.82) is 0 Å². The molecule has 30 heavy (non-hydrogen) atoms. The van der Waals surface area contributed by atoms with Crippen molar-refractivity contribution in [3.8, 4) is 11.5 Å². The molecule has 0 unspecified atom stereocenters. The number of hydrogen-bond acceptors (Lipinski definition) is 5. The summed E-state index contributed by atoms with van der Waals surface area (Å²) < 4.78 is 36.7. The third-order valence-electron chi connectivity index (χ3n) is 4.11. The maximum Gasteiger partial charge on any atom is 0.232 e. The second kappa shape index (κ2) is 10.9. The lowest BCUT2D eigenvalue weighted by atomic mass is 10.2. The standard InChI is InChI=1S/C22H30N2O5S/c1-5-28-20-14-10-19(11-15-20)24(30(4,26)27)16-6-7-22(25)23-18-8-12-21(13-9-18)29-17(2)3/h8-15,17H,5-7,16H2,1-4H3,(H,23,25). The number of ether oxygens (including phenoxy) is 2. The topological polar surface area (TPSA) is 84.9 Å². The third kappa shape index (κ3) is 7.59. The van der Waals surface area contributed by atoms with E-state index in [1.807, 2.05) is 20.8 Å². The lowest BCUT2D eigenvalue weighted by molar-refractivity contribution is -0.116. The Hall–Kier alpha value is -2.74. The fourth-order valence-electron chi connectivity index (χ4n) is 2.86. The molecule has 1 N–H and O–H groups in total. The lowest BCUT2D eigenvalue weighted by Gasteiger charge is -2.22. The number of nitrogens with zero attached hydrogens (tertiary/aromatic N) is 1. The molecule has 0 atom stereocenters. The van der Waals surface area contributed by atoms with E-state index in [0.717, 1.165) is 12.0 Å². The molecule has 2 rings (SSSR count). The van der Waals surface area contributed by atoms with E-state index in [1.165, 1.54) is 4.31 Å². The summed E-state index contributed by atoms with van der Waals surface area (Å²) in [7, 11) is -3.47. The molecule has 1 amide bonds. The van der Waals surface area contributed by atoms with Crippen LogP contribution in [-0.4, -0.2) is 39.8 Å². The number of carbonyl (C=O) groups excluding carboxylic acids is 1. The molecular weight excluding hydrogens is 404 g/mol. The van der Waals surface area contributed by atoms with Crippen LogP contribution in [0.3, 0.4) is 0 Å². The average molecular weight is 435 g/mol. The zero-order valence-electron chi connectivity index (χ0n) is 17.9. The highest BCUT2D eigenvalue weighted by molar-refractivity contribution is 7.92. The summed E-state index contributed by atoms with van der Waals surface area (Å²) >= 11 is 0. The predicted molar refractivity (Wildman–Crippen MR) is 120 cm³/mol. The van der Waals surface area contributed by atoms with Gasteiger partial charge in [-0.1, -0.05) is 0 Å². The van der Waals surface area contributed by atoms with Crippen LogP contribution < -0.4 is 19.1 Å². The van der Waals surface area contributed by atoms with Gasteiger partial charge in [0.05, 0.1) is 24.7 Å². The van der Waals surface area contributed by atoms with Gasteiger partial charge >= 0.3 is 0 Å². The van der Waals surface area contributed by atoms with E-state index in [0.29, 0.717) is 30.2 Å². The van der Waals surface area contributed by atoms with Crippen molar-refractivity contribution in [2.45, 2.75) is 39.7 Å². The monoisotopic (exact) mass is 434 g/mol. The van der Waals surface area contributed by atoms with Gasteiger partial charge in [-0.3, -0.25) is 9.10 Å². The molecule has 0 aromatic heterocycles. The highest BCUT2D eigenvalue weighted by Crippen LogP contribution is 2.22. The normalized spacial score (nSPS) is 11.2. The van der Waals surface area contributed by atoms with Crippen molar-refractivity contribution in [3.05, 3.63) is 48.5 Å². The summed E-state index contributed by atoms with van der Waals surface area (Å²) in [4.78, 5) is 12.2. The molecule has 0 aliphatic heterocycles. The molecule has 2 aromatic rings. The molecule has 0 heterocycles. The van der Waals surface area contributed by atoms with E-state index in [1.54, 1.807) is 48.5 Å². The Morgan fingerprint density at radius 1 is 1.03 bits per heavy atom. The zero-order valence-corrected chi connectivity index (χ0v) is 18.7. The number of nitrogens with one attached hydrogen (secondary N) is 1. The van der Waals surface area contributed by atoms with Gasteiger partial charge in [-0.2, -0.15) is 0 Å². The van der Waals surface area contributed by atoms with Gasteiger partial charge in [0.2, 0.25) is 15.9 Å². The molecule has 164 valence electrons. The molecule has 0 saturated heterocycles. The predicted octanol–water partition coefficient (Wildman–Crippen LogP) is 4.06. The molecule has 0 fully saturated rings. The number of benzene rings is 2. The average Bonchev–Trinajstić information content (AvgIpc) is 2.66. The smallest absolute Gasteiger partial charge is 0.232 e. The molecule has 0 aliphatic rings. The van der Waals surface area contributed by atoms with Gasteiger partial charge in [-0.15, -0.1) is 0 Å². The number of hydrogen-bond donors (Lipinski definition) is 1. The molecule has 0 aliphatic carbocycles. The van der Waals surface area contributed by atoms with E-state index >= 15 is 0 Å². The van der Waals surface area contributed by atoms with Gasteiger partial charge in [-0.05, 0) is 75.7 Å². The van der Waals surface area contributed by atoms with Crippen LogP contribution in [0.15, 0.2) is 48.5 Å². The Morgan fingerprint density at radius 3 is 2.17 bits per heavy atom. The highest BCUT2D eigenvalue weighted by Gasteiger charge is 2.17. The summed E-state index contributed by atoms with van der Waals surface area (Å²) in [6.07, 6.45) is 1.83. The van der Waals surface area contributed by atoms with Gasteiger partial charge < -0.3 is 14.8 Å². The number of carbonyl (C=O) groups is 1. The van der Waals surface area contributed by atoms with Gasteiger partial charge in [0.15, 0.2) is 0 Å². The van der Waals surface area contributed by atoms with Gasteiger partial charge in [0.1, 0.15) is 11.5 Å². The summed E-state index contributed by atoms with van der Waals surface area (Å²) in [6.45, 7) is 6.53. The minimum absolute atomic E-state index is 0.0820. The van der Waals surface area contributed by atoms with Crippen molar-refractivity contribution in [1.82, 2.24) is 0 Å². The Morgan fingerprint density at radius 2 is 1.63 bits per heavy atom. The number of amides is 1. The minimum Gasteiger partial charge on any atom is -0.494 e. The molecule has 0 spiro atoms. The molecule has 0 bridgehead atoms. The van der Waals surface area contributed by atoms with Crippen molar-refractivity contribution in [2.24, 2.45) is 0 Å². The summed E-state index contributed by atoms with van der Waals surface area (Å²) in [5, 5.41) is 2.82. The Labute approximate surface area is 179 Å². The van der Waals surface area contributed by atoms with E-state index in [2.05, 4.69) is 5.32 Å². The van der Waals surface area contributed by atoms with Crippen molar-refractivity contribution >= 4 is 27.3 Å². The molecule has 0 saturated carbocycles. The number of anilines is 2. The number of sulfonamides is 1.